The minimum absolute atomic E-state index is 0.172. The molecule has 136 valence electrons. The van der Waals surface area contributed by atoms with Gasteiger partial charge >= 0.3 is 0 Å². The van der Waals surface area contributed by atoms with Crippen LogP contribution in [0, 0.1) is 12.7 Å². The van der Waals surface area contributed by atoms with Crippen molar-refractivity contribution in [3.63, 3.8) is 0 Å². The SMILES string of the molecule is Cc1nc(-c2ccccn2)sc1CCNS(=O)(=O)Cc1ccc(F)cc1. The summed E-state index contributed by atoms with van der Waals surface area (Å²) in [6.07, 6.45) is 2.27. The fraction of sp³-hybridized carbons (Fsp3) is 0.222. The summed E-state index contributed by atoms with van der Waals surface area (Å²) in [7, 11) is -3.48. The maximum Gasteiger partial charge on any atom is 0.215 e. The van der Waals surface area contributed by atoms with Gasteiger partial charge in [-0.1, -0.05) is 18.2 Å². The number of hydrogen-bond acceptors (Lipinski definition) is 5. The molecule has 0 bridgehead atoms. The van der Waals surface area contributed by atoms with Gasteiger partial charge in [0, 0.05) is 17.6 Å². The molecule has 0 radical (unpaired) electrons. The van der Waals surface area contributed by atoms with Crippen molar-refractivity contribution in [2.24, 2.45) is 0 Å². The highest BCUT2D eigenvalue weighted by atomic mass is 32.2. The normalized spacial score (nSPS) is 11.6. The number of pyridine rings is 1. The molecule has 2 heterocycles. The maximum atomic E-state index is 12.9. The molecule has 0 atom stereocenters. The molecule has 26 heavy (non-hydrogen) atoms. The Morgan fingerprint density at radius 1 is 1.15 bits per heavy atom. The van der Waals surface area contributed by atoms with Gasteiger partial charge in [-0.3, -0.25) is 4.98 Å². The van der Waals surface area contributed by atoms with Crippen LogP contribution in [0.1, 0.15) is 16.1 Å². The van der Waals surface area contributed by atoms with Crippen LogP contribution in [-0.2, 0) is 22.2 Å². The molecule has 0 aliphatic rings. The van der Waals surface area contributed by atoms with Crippen LogP contribution in [0.25, 0.3) is 10.7 Å². The lowest BCUT2D eigenvalue weighted by Gasteiger charge is -2.06. The second kappa shape index (κ2) is 8.03. The van der Waals surface area contributed by atoms with Crippen molar-refractivity contribution in [3.05, 3.63) is 70.6 Å². The average molecular weight is 391 g/mol. The van der Waals surface area contributed by atoms with Crippen LogP contribution in [0.15, 0.2) is 48.7 Å². The van der Waals surface area contributed by atoms with Gasteiger partial charge < -0.3 is 0 Å². The summed E-state index contributed by atoms with van der Waals surface area (Å²) < 4.78 is 39.8. The van der Waals surface area contributed by atoms with Gasteiger partial charge in [0.25, 0.3) is 0 Å². The predicted molar refractivity (Wildman–Crippen MR) is 101 cm³/mol. The number of aromatic nitrogens is 2. The number of hydrogen-bond donors (Lipinski definition) is 1. The number of thiazole rings is 1. The summed E-state index contributed by atoms with van der Waals surface area (Å²) in [5, 5.41) is 0.826. The van der Waals surface area contributed by atoms with E-state index in [-0.39, 0.29) is 18.1 Å². The number of rotatable bonds is 7. The van der Waals surface area contributed by atoms with Crippen molar-refractivity contribution in [2.75, 3.05) is 6.54 Å². The van der Waals surface area contributed by atoms with E-state index in [1.807, 2.05) is 25.1 Å². The molecule has 0 spiro atoms. The third-order valence-corrected chi connectivity index (χ3v) is 6.32. The Bertz CT molecular complexity index is 971. The van der Waals surface area contributed by atoms with Gasteiger partial charge in [-0.15, -0.1) is 11.3 Å². The first-order chi connectivity index (χ1) is 12.4. The molecule has 0 saturated carbocycles. The maximum absolute atomic E-state index is 12.9. The summed E-state index contributed by atoms with van der Waals surface area (Å²) in [4.78, 5) is 9.82. The van der Waals surface area contributed by atoms with Gasteiger partial charge in [0.15, 0.2) is 0 Å². The topological polar surface area (TPSA) is 72.0 Å². The molecule has 2 aromatic heterocycles. The highest BCUT2D eigenvalue weighted by Gasteiger charge is 2.14. The van der Waals surface area contributed by atoms with Crippen LogP contribution < -0.4 is 4.72 Å². The van der Waals surface area contributed by atoms with Crippen LogP contribution in [-0.4, -0.2) is 24.9 Å². The van der Waals surface area contributed by atoms with Gasteiger partial charge in [-0.25, -0.2) is 22.5 Å². The van der Waals surface area contributed by atoms with E-state index in [4.69, 9.17) is 0 Å². The molecule has 0 unspecified atom stereocenters. The van der Waals surface area contributed by atoms with Crippen molar-refractivity contribution in [2.45, 2.75) is 19.1 Å². The van der Waals surface area contributed by atoms with Gasteiger partial charge in [0.05, 0.1) is 17.1 Å². The monoisotopic (exact) mass is 391 g/mol. The predicted octanol–water partition coefficient (Wildman–Crippen LogP) is 3.31. The number of aryl methyl sites for hydroxylation is 1. The number of nitrogens with zero attached hydrogens (tertiary/aromatic N) is 2. The van der Waals surface area contributed by atoms with E-state index < -0.39 is 10.0 Å². The van der Waals surface area contributed by atoms with E-state index in [0.29, 0.717) is 12.0 Å². The fourth-order valence-electron chi connectivity index (χ4n) is 2.43. The molecule has 0 amide bonds. The summed E-state index contributed by atoms with van der Waals surface area (Å²) >= 11 is 1.52. The van der Waals surface area contributed by atoms with Crippen LogP contribution in [0.4, 0.5) is 4.39 Å². The van der Waals surface area contributed by atoms with E-state index in [9.17, 15) is 12.8 Å². The van der Waals surface area contributed by atoms with E-state index in [1.165, 1.54) is 35.6 Å². The number of halogens is 1. The smallest absolute Gasteiger partial charge is 0.215 e. The van der Waals surface area contributed by atoms with E-state index in [1.54, 1.807) is 6.20 Å². The summed E-state index contributed by atoms with van der Waals surface area (Å²) in [5.41, 5.74) is 2.24. The standard InChI is InChI=1S/C18H18FN3O2S2/c1-13-17(25-18(22-13)16-4-2-3-10-20-16)9-11-21-26(23,24)12-14-5-7-15(19)8-6-14/h2-8,10,21H,9,11-12H2,1H3. The van der Waals surface area contributed by atoms with E-state index >= 15 is 0 Å². The first-order valence-corrected chi connectivity index (χ1v) is 10.5. The van der Waals surface area contributed by atoms with Crippen LogP contribution >= 0.6 is 11.3 Å². The quantitative estimate of drug-likeness (QED) is 0.671. The lowest BCUT2D eigenvalue weighted by Crippen LogP contribution is -2.27. The largest absolute Gasteiger partial charge is 0.254 e. The van der Waals surface area contributed by atoms with Gasteiger partial charge in [-0.05, 0) is 43.2 Å². The number of sulfonamides is 1. The molecular formula is C18H18FN3O2S2. The molecule has 0 saturated heterocycles. The van der Waals surface area contributed by atoms with Crippen molar-refractivity contribution >= 4 is 21.4 Å². The Hall–Kier alpha value is -2.16. The van der Waals surface area contributed by atoms with Crippen molar-refractivity contribution in [1.82, 2.24) is 14.7 Å². The highest BCUT2D eigenvalue weighted by Crippen LogP contribution is 2.26. The fourth-order valence-corrected chi connectivity index (χ4v) is 4.62. The lowest BCUT2D eigenvalue weighted by molar-refractivity contribution is 0.580. The molecule has 0 aliphatic heterocycles. The molecule has 1 N–H and O–H groups in total. The minimum Gasteiger partial charge on any atom is -0.254 e. The van der Waals surface area contributed by atoms with Gasteiger partial charge in [0.2, 0.25) is 10.0 Å². The zero-order chi connectivity index (χ0) is 18.6. The van der Waals surface area contributed by atoms with Crippen molar-refractivity contribution in [3.8, 4) is 10.7 Å². The Morgan fingerprint density at radius 2 is 1.92 bits per heavy atom. The highest BCUT2D eigenvalue weighted by molar-refractivity contribution is 7.88. The van der Waals surface area contributed by atoms with E-state index in [0.717, 1.165) is 21.3 Å². The van der Waals surface area contributed by atoms with Crippen molar-refractivity contribution in [1.29, 1.82) is 0 Å². The van der Waals surface area contributed by atoms with Crippen molar-refractivity contribution < 1.29 is 12.8 Å². The second-order valence-electron chi connectivity index (χ2n) is 5.77. The Balaban J connectivity index is 1.59. The van der Waals surface area contributed by atoms with Crippen LogP contribution in [0.5, 0.6) is 0 Å². The third-order valence-electron chi connectivity index (χ3n) is 3.72. The zero-order valence-electron chi connectivity index (χ0n) is 14.1. The molecule has 8 heteroatoms. The first-order valence-electron chi connectivity index (χ1n) is 8.02. The van der Waals surface area contributed by atoms with Gasteiger partial charge in [-0.2, -0.15) is 0 Å². The molecule has 3 rings (SSSR count). The number of nitrogens with one attached hydrogen (secondary N) is 1. The summed E-state index contributed by atoms with van der Waals surface area (Å²) in [5.74, 6) is -0.558. The second-order valence-corrected chi connectivity index (χ2v) is 8.66. The Morgan fingerprint density at radius 3 is 2.62 bits per heavy atom. The molecular weight excluding hydrogens is 373 g/mol. The summed E-state index contributed by atoms with van der Waals surface area (Å²) in [6.45, 7) is 2.19. The average Bonchev–Trinajstić information content (AvgIpc) is 2.98. The first kappa shape index (κ1) is 18.6. The lowest BCUT2D eigenvalue weighted by atomic mass is 10.2. The Kier molecular flexibility index (Phi) is 5.75. The molecule has 0 aliphatic carbocycles. The number of benzene rings is 1. The molecule has 5 nitrogen and oxygen atoms in total. The zero-order valence-corrected chi connectivity index (χ0v) is 15.8. The minimum atomic E-state index is -3.48. The Labute approximate surface area is 156 Å². The van der Waals surface area contributed by atoms with Crippen LogP contribution in [0.2, 0.25) is 0 Å². The third kappa shape index (κ3) is 4.94. The van der Waals surface area contributed by atoms with Gasteiger partial charge in [0.1, 0.15) is 10.8 Å². The summed E-state index contributed by atoms with van der Waals surface area (Å²) in [6, 6.07) is 11.1. The van der Waals surface area contributed by atoms with Crippen LogP contribution in [0.3, 0.4) is 0 Å². The molecule has 1 aromatic carbocycles. The molecule has 0 fully saturated rings. The van der Waals surface area contributed by atoms with E-state index in [2.05, 4.69) is 14.7 Å². The molecule has 3 aromatic rings.